The highest BCUT2D eigenvalue weighted by Crippen LogP contribution is 2.16. The molecule has 0 aliphatic heterocycles. The number of carboxylic acid groups (broad SMARTS) is 1. The fourth-order valence-corrected chi connectivity index (χ4v) is 2.03. The molecule has 0 unspecified atom stereocenters. The highest BCUT2D eigenvalue weighted by molar-refractivity contribution is 8.00. The molecule has 0 aliphatic carbocycles. The Morgan fingerprint density at radius 2 is 1.89 bits per heavy atom. The van der Waals surface area contributed by atoms with Gasteiger partial charge in [0.15, 0.2) is 0 Å². The second kappa shape index (κ2) is 7.42. The summed E-state index contributed by atoms with van der Waals surface area (Å²) >= 11 is 1.28. The molecule has 6 nitrogen and oxygen atoms in total. The number of thioether (sulfide) groups is 1. The molecule has 7 heteroatoms. The zero-order chi connectivity index (χ0) is 14.3. The second-order valence-corrected chi connectivity index (χ2v) is 4.78. The fraction of sp³-hybridized carbons (Fsp3) is 0.250. The van der Waals surface area contributed by atoms with Crippen LogP contribution in [0.3, 0.4) is 0 Å². The average molecular weight is 282 g/mol. The number of hydrogen-bond donors (Lipinski definition) is 3. The van der Waals surface area contributed by atoms with Crippen LogP contribution in [-0.4, -0.2) is 34.7 Å². The van der Waals surface area contributed by atoms with Crippen molar-refractivity contribution in [3.05, 3.63) is 30.3 Å². The van der Waals surface area contributed by atoms with Gasteiger partial charge in [0.1, 0.15) is 6.04 Å². The Bertz CT molecular complexity index is 464. The Morgan fingerprint density at radius 3 is 2.42 bits per heavy atom. The Morgan fingerprint density at radius 1 is 1.26 bits per heavy atom. The van der Waals surface area contributed by atoms with Crippen LogP contribution in [0.25, 0.3) is 0 Å². The maximum Gasteiger partial charge on any atom is 0.326 e. The molecule has 0 heterocycles. The van der Waals surface area contributed by atoms with Crippen molar-refractivity contribution in [1.82, 2.24) is 5.32 Å². The Labute approximate surface area is 114 Å². The molecule has 0 bridgehead atoms. The second-order valence-electron chi connectivity index (χ2n) is 3.73. The van der Waals surface area contributed by atoms with Crippen molar-refractivity contribution in [2.45, 2.75) is 17.4 Å². The minimum absolute atomic E-state index is 0.0759. The number of amides is 2. The zero-order valence-corrected chi connectivity index (χ0v) is 10.9. The van der Waals surface area contributed by atoms with Gasteiger partial charge in [-0.1, -0.05) is 18.2 Å². The van der Waals surface area contributed by atoms with Crippen molar-refractivity contribution in [3.8, 4) is 0 Å². The van der Waals surface area contributed by atoms with E-state index in [-0.39, 0.29) is 5.75 Å². The van der Waals surface area contributed by atoms with E-state index in [1.165, 1.54) is 11.8 Å². The first-order valence-corrected chi connectivity index (χ1v) is 6.46. The predicted octanol–water partition coefficient (Wildman–Crippen LogP) is 0.223. The minimum atomic E-state index is -1.28. The number of rotatable bonds is 7. The maximum atomic E-state index is 11.6. The van der Waals surface area contributed by atoms with E-state index in [1.54, 1.807) is 0 Å². The highest BCUT2D eigenvalue weighted by Gasteiger charge is 2.21. The first-order valence-electron chi connectivity index (χ1n) is 5.47. The summed E-state index contributed by atoms with van der Waals surface area (Å²) in [6.07, 6.45) is -0.420. The van der Waals surface area contributed by atoms with Crippen LogP contribution in [0.1, 0.15) is 6.42 Å². The summed E-state index contributed by atoms with van der Waals surface area (Å²) in [5, 5.41) is 11.1. The molecule has 1 aromatic rings. The molecule has 4 N–H and O–H groups in total. The average Bonchev–Trinajstić information content (AvgIpc) is 2.36. The molecule has 0 fully saturated rings. The number of aliphatic carboxylic acids is 1. The number of nitrogens with two attached hydrogens (primary N) is 1. The standard InChI is InChI=1S/C12H14N2O4S/c13-10(15)6-9(12(17)18)14-11(16)7-19-8-4-2-1-3-5-8/h1-5,9H,6-7H2,(H2,13,15)(H,14,16)(H,17,18)/t9-/m0/s1. The van der Waals surface area contributed by atoms with Crippen LogP contribution < -0.4 is 11.1 Å². The lowest BCUT2D eigenvalue weighted by molar-refractivity contribution is -0.143. The first kappa shape index (κ1) is 15.0. The summed E-state index contributed by atoms with van der Waals surface area (Å²) in [6, 6.07) is 7.95. The number of primary amides is 1. The molecule has 0 saturated heterocycles. The van der Waals surface area contributed by atoms with Gasteiger partial charge in [0.25, 0.3) is 0 Å². The van der Waals surface area contributed by atoms with Crippen LogP contribution in [-0.2, 0) is 14.4 Å². The molecule has 1 aromatic carbocycles. The predicted molar refractivity (Wildman–Crippen MR) is 70.5 cm³/mol. The van der Waals surface area contributed by atoms with Gasteiger partial charge in [0, 0.05) is 4.90 Å². The number of benzene rings is 1. The molecule has 0 saturated carbocycles. The Kier molecular flexibility index (Phi) is 5.87. The van der Waals surface area contributed by atoms with Crippen molar-refractivity contribution < 1.29 is 19.5 Å². The normalized spacial score (nSPS) is 11.6. The zero-order valence-electron chi connectivity index (χ0n) is 10.0. The van der Waals surface area contributed by atoms with Crippen LogP contribution in [0.5, 0.6) is 0 Å². The minimum Gasteiger partial charge on any atom is -0.480 e. The van der Waals surface area contributed by atoms with Crippen LogP contribution in [0, 0.1) is 0 Å². The summed E-state index contributed by atoms with van der Waals surface area (Å²) in [4.78, 5) is 34.0. The highest BCUT2D eigenvalue weighted by atomic mass is 32.2. The quantitative estimate of drug-likeness (QED) is 0.620. The number of hydrogen-bond acceptors (Lipinski definition) is 4. The van der Waals surface area contributed by atoms with Crippen molar-refractivity contribution >= 4 is 29.5 Å². The van der Waals surface area contributed by atoms with E-state index < -0.39 is 30.2 Å². The van der Waals surface area contributed by atoms with Crippen molar-refractivity contribution in [1.29, 1.82) is 0 Å². The lowest BCUT2D eigenvalue weighted by Gasteiger charge is -2.12. The van der Waals surface area contributed by atoms with E-state index in [0.29, 0.717) is 0 Å². The largest absolute Gasteiger partial charge is 0.480 e. The van der Waals surface area contributed by atoms with Crippen LogP contribution in [0.15, 0.2) is 35.2 Å². The molecule has 0 aliphatic rings. The Hall–Kier alpha value is -2.02. The molecule has 0 aromatic heterocycles. The van der Waals surface area contributed by atoms with E-state index in [0.717, 1.165) is 4.90 Å². The molecule has 2 amide bonds. The van der Waals surface area contributed by atoms with Gasteiger partial charge in [-0.05, 0) is 12.1 Å². The lowest BCUT2D eigenvalue weighted by atomic mass is 10.2. The van der Waals surface area contributed by atoms with Gasteiger partial charge < -0.3 is 16.2 Å². The third kappa shape index (κ3) is 5.91. The summed E-state index contributed by atoms with van der Waals surface area (Å²) in [7, 11) is 0. The topological polar surface area (TPSA) is 109 Å². The smallest absolute Gasteiger partial charge is 0.326 e. The number of carbonyl (C=O) groups excluding carboxylic acids is 2. The van der Waals surface area contributed by atoms with E-state index >= 15 is 0 Å². The SMILES string of the molecule is NC(=O)C[C@H](NC(=O)CSc1ccccc1)C(=O)O. The summed E-state index contributed by atoms with van der Waals surface area (Å²) in [6.45, 7) is 0. The van der Waals surface area contributed by atoms with Gasteiger partial charge >= 0.3 is 5.97 Å². The molecular formula is C12H14N2O4S. The van der Waals surface area contributed by atoms with Gasteiger partial charge in [-0.25, -0.2) is 4.79 Å². The van der Waals surface area contributed by atoms with E-state index in [1.807, 2.05) is 30.3 Å². The van der Waals surface area contributed by atoms with Gasteiger partial charge in [0.05, 0.1) is 12.2 Å². The molecular weight excluding hydrogens is 268 g/mol. The van der Waals surface area contributed by atoms with Crippen molar-refractivity contribution in [2.75, 3.05) is 5.75 Å². The van der Waals surface area contributed by atoms with E-state index in [4.69, 9.17) is 10.8 Å². The Balaban J connectivity index is 2.45. The molecule has 0 radical (unpaired) electrons. The number of carbonyl (C=O) groups is 3. The van der Waals surface area contributed by atoms with Crippen LogP contribution in [0.2, 0.25) is 0 Å². The third-order valence-electron chi connectivity index (χ3n) is 2.15. The van der Waals surface area contributed by atoms with E-state index in [9.17, 15) is 14.4 Å². The van der Waals surface area contributed by atoms with Gasteiger partial charge in [0.2, 0.25) is 11.8 Å². The summed E-state index contributed by atoms with van der Waals surface area (Å²) in [5.41, 5.74) is 4.91. The van der Waals surface area contributed by atoms with Crippen molar-refractivity contribution in [2.24, 2.45) is 5.73 Å². The fourth-order valence-electron chi connectivity index (χ4n) is 1.30. The summed E-state index contributed by atoms with van der Waals surface area (Å²) in [5.74, 6) is -2.44. The molecule has 102 valence electrons. The molecule has 1 atom stereocenters. The maximum absolute atomic E-state index is 11.6. The lowest BCUT2D eigenvalue weighted by Crippen LogP contribution is -2.44. The van der Waals surface area contributed by atoms with Gasteiger partial charge in [-0.2, -0.15) is 0 Å². The monoisotopic (exact) mass is 282 g/mol. The number of carboxylic acids is 1. The first-order chi connectivity index (χ1) is 8.99. The van der Waals surface area contributed by atoms with Crippen LogP contribution >= 0.6 is 11.8 Å². The number of nitrogens with one attached hydrogen (secondary N) is 1. The molecule has 0 spiro atoms. The third-order valence-corrected chi connectivity index (χ3v) is 3.16. The van der Waals surface area contributed by atoms with Gasteiger partial charge in [-0.15, -0.1) is 11.8 Å². The van der Waals surface area contributed by atoms with Crippen molar-refractivity contribution in [3.63, 3.8) is 0 Å². The van der Waals surface area contributed by atoms with Crippen LogP contribution in [0.4, 0.5) is 0 Å². The van der Waals surface area contributed by atoms with E-state index in [2.05, 4.69) is 5.32 Å². The molecule has 19 heavy (non-hydrogen) atoms. The molecule has 1 rings (SSSR count). The summed E-state index contributed by atoms with van der Waals surface area (Å²) < 4.78 is 0. The van der Waals surface area contributed by atoms with Gasteiger partial charge in [-0.3, -0.25) is 9.59 Å².